The van der Waals surface area contributed by atoms with E-state index in [0.717, 1.165) is 29.2 Å². The number of thiazole rings is 1. The Morgan fingerprint density at radius 3 is 2.46 bits per heavy atom. The first kappa shape index (κ1) is 18.1. The molecule has 134 valence electrons. The van der Waals surface area contributed by atoms with E-state index in [1.807, 2.05) is 24.3 Å². The summed E-state index contributed by atoms with van der Waals surface area (Å²) in [6.45, 7) is 0.991. The Labute approximate surface area is 156 Å². The first-order valence-corrected chi connectivity index (χ1v) is 9.19. The van der Waals surface area contributed by atoms with Crippen LogP contribution in [0.25, 0.3) is 10.6 Å². The lowest BCUT2D eigenvalue weighted by Crippen LogP contribution is -2.15. The number of hydrogen-bond donors (Lipinski definition) is 2. The van der Waals surface area contributed by atoms with Crippen molar-refractivity contribution in [1.82, 2.24) is 9.88 Å². The molecule has 0 saturated carbocycles. The van der Waals surface area contributed by atoms with Gasteiger partial charge in [-0.3, -0.25) is 4.79 Å². The van der Waals surface area contributed by atoms with Gasteiger partial charge in [-0.05, 0) is 62.5 Å². The minimum absolute atomic E-state index is 0.206. The molecule has 0 unspecified atom stereocenters. The van der Waals surface area contributed by atoms with E-state index >= 15 is 0 Å². The Bertz CT molecular complexity index is 871. The molecule has 0 aliphatic carbocycles. The van der Waals surface area contributed by atoms with E-state index in [1.54, 1.807) is 29.6 Å². The summed E-state index contributed by atoms with van der Waals surface area (Å²) < 4.78 is 0. The van der Waals surface area contributed by atoms with Crippen LogP contribution in [0.1, 0.15) is 16.1 Å². The van der Waals surface area contributed by atoms with Crippen molar-refractivity contribution in [2.45, 2.75) is 6.42 Å². The van der Waals surface area contributed by atoms with E-state index < -0.39 is 0 Å². The number of benzene rings is 2. The maximum absolute atomic E-state index is 12.4. The largest absolute Gasteiger partial charge is 0.508 e. The predicted octanol–water partition coefficient (Wildman–Crippen LogP) is 3.87. The van der Waals surface area contributed by atoms with Crippen LogP contribution < -0.4 is 5.32 Å². The summed E-state index contributed by atoms with van der Waals surface area (Å²) >= 11 is 1.40. The number of aromatic nitrogens is 1. The van der Waals surface area contributed by atoms with Gasteiger partial charge in [0.15, 0.2) is 0 Å². The van der Waals surface area contributed by atoms with Crippen LogP contribution in [0.5, 0.6) is 5.75 Å². The molecule has 0 fully saturated rings. The van der Waals surface area contributed by atoms with Crippen molar-refractivity contribution in [1.29, 1.82) is 0 Å². The van der Waals surface area contributed by atoms with Gasteiger partial charge in [-0.15, -0.1) is 11.3 Å². The van der Waals surface area contributed by atoms with Gasteiger partial charge in [-0.2, -0.15) is 0 Å². The van der Waals surface area contributed by atoms with Gasteiger partial charge in [-0.25, -0.2) is 4.98 Å². The fourth-order valence-corrected chi connectivity index (χ4v) is 3.22. The van der Waals surface area contributed by atoms with Crippen molar-refractivity contribution in [2.75, 3.05) is 26.0 Å². The van der Waals surface area contributed by atoms with Crippen molar-refractivity contribution < 1.29 is 9.90 Å². The van der Waals surface area contributed by atoms with Gasteiger partial charge in [0.25, 0.3) is 5.91 Å². The van der Waals surface area contributed by atoms with Gasteiger partial charge in [-0.1, -0.05) is 12.1 Å². The van der Waals surface area contributed by atoms with E-state index in [1.165, 1.54) is 16.9 Å². The number of anilines is 1. The number of nitrogens with zero attached hydrogens (tertiary/aromatic N) is 2. The molecule has 6 heteroatoms. The van der Waals surface area contributed by atoms with Crippen LogP contribution in [-0.2, 0) is 6.42 Å². The molecule has 5 nitrogen and oxygen atoms in total. The van der Waals surface area contributed by atoms with Crippen LogP contribution in [0.4, 0.5) is 5.69 Å². The Morgan fingerprint density at radius 1 is 1.12 bits per heavy atom. The minimum Gasteiger partial charge on any atom is -0.508 e. The van der Waals surface area contributed by atoms with Gasteiger partial charge in [0, 0.05) is 23.2 Å². The standard InChI is InChI=1S/C20H21N3O2S/c1-23(2)12-11-14-3-7-16(8-4-14)21-19(25)18-13-26-20(22-18)15-5-9-17(24)10-6-15/h3-10,13,24H,11-12H2,1-2H3,(H,21,25). The molecule has 0 saturated heterocycles. The summed E-state index contributed by atoms with van der Waals surface area (Å²) in [5.41, 5.74) is 3.25. The SMILES string of the molecule is CN(C)CCc1ccc(NC(=O)c2csc(-c3ccc(O)cc3)n2)cc1. The highest BCUT2D eigenvalue weighted by Gasteiger charge is 2.12. The molecule has 1 amide bonds. The van der Waals surface area contributed by atoms with Crippen LogP contribution in [0.15, 0.2) is 53.9 Å². The monoisotopic (exact) mass is 367 g/mol. The van der Waals surface area contributed by atoms with Crippen molar-refractivity contribution in [3.63, 3.8) is 0 Å². The molecule has 26 heavy (non-hydrogen) atoms. The number of rotatable bonds is 6. The van der Waals surface area contributed by atoms with Crippen molar-refractivity contribution >= 4 is 22.9 Å². The summed E-state index contributed by atoms with van der Waals surface area (Å²) in [6, 6.07) is 14.7. The van der Waals surface area contributed by atoms with Crippen LogP contribution >= 0.6 is 11.3 Å². The van der Waals surface area contributed by atoms with E-state index in [2.05, 4.69) is 29.3 Å². The second-order valence-corrected chi connectivity index (χ2v) is 7.15. The third-order valence-corrected chi connectivity index (χ3v) is 4.80. The molecule has 0 spiro atoms. The Balaban J connectivity index is 1.64. The van der Waals surface area contributed by atoms with Crippen molar-refractivity contribution in [3.8, 4) is 16.3 Å². The Hall–Kier alpha value is -2.70. The number of hydrogen-bond acceptors (Lipinski definition) is 5. The molecule has 0 aliphatic heterocycles. The number of nitrogens with one attached hydrogen (secondary N) is 1. The van der Waals surface area contributed by atoms with Crippen molar-refractivity contribution in [3.05, 3.63) is 65.2 Å². The summed E-state index contributed by atoms with van der Waals surface area (Å²) in [7, 11) is 4.10. The van der Waals surface area contributed by atoms with Gasteiger partial charge in [0.1, 0.15) is 16.5 Å². The summed E-state index contributed by atoms with van der Waals surface area (Å²) in [4.78, 5) is 18.9. The fourth-order valence-electron chi connectivity index (χ4n) is 2.42. The van der Waals surface area contributed by atoms with Crippen LogP contribution in [-0.4, -0.2) is 41.5 Å². The molecular formula is C20H21N3O2S. The number of phenols is 1. The molecule has 2 N–H and O–H groups in total. The quantitative estimate of drug-likeness (QED) is 0.694. The molecule has 1 heterocycles. The number of carbonyl (C=O) groups excluding carboxylic acids is 1. The first-order valence-electron chi connectivity index (χ1n) is 8.31. The number of carbonyl (C=O) groups is 1. The number of likely N-dealkylation sites (N-methyl/N-ethyl adjacent to an activating group) is 1. The molecular weight excluding hydrogens is 346 g/mol. The third-order valence-electron chi connectivity index (χ3n) is 3.91. The lowest BCUT2D eigenvalue weighted by molar-refractivity contribution is 0.102. The number of amides is 1. The molecule has 0 radical (unpaired) electrons. The molecule has 0 atom stereocenters. The summed E-state index contributed by atoms with van der Waals surface area (Å²) in [6.07, 6.45) is 0.975. The van der Waals surface area contributed by atoms with Crippen LogP contribution in [0.2, 0.25) is 0 Å². The zero-order valence-electron chi connectivity index (χ0n) is 14.8. The molecule has 0 aliphatic rings. The zero-order valence-corrected chi connectivity index (χ0v) is 15.6. The smallest absolute Gasteiger partial charge is 0.275 e. The molecule has 1 aromatic heterocycles. The van der Waals surface area contributed by atoms with Gasteiger partial charge in [0.05, 0.1) is 0 Å². The average Bonchev–Trinajstić information content (AvgIpc) is 3.12. The fraction of sp³-hybridized carbons (Fsp3) is 0.200. The van der Waals surface area contributed by atoms with Gasteiger partial charge in [0.2, 0.25) is 0 Å². The number of phenolic OH excluding ortho intramolecular Hbond substituents is 1. The molecule has 2 aromatic carbocycles. The van der Waals surface area contributed by atoms with Crippen LogP contribution in [0, 0.1) is 0 Å². The Kier molecular flexibility index (Phi) is 5.65. The van der Waals surface area contributed by atoms with E-state index in [4.69, 9.17) is 0 Å². The minimum atomic E-state index is -0.229. The highest BCUT2D eigenvalue weighted by atomic mass is 32.1. The number of aromatic hydroxyl groups is 1. The molecule has 0 bridgehead atoms. The third kappa shape index (κ3) is 4.68. The zero-order chi connectivity index (χ0) is 18.5. The molecule has 3 rings (SSSR count). The average molecular weight is 367 g/mol. The molecule has 3 aromatic rings. The van der Waals surface area contributed by atoms with E-state index in [-0.39, 0.29) is 11.7 Å². The van der Waals surface area contributed by atoms with E-state index in [9.17, 15) is 9.90 Å². The van der Waals surface area contributed by atoms with Gasteiger partial charge < -0.3 is 15.3 Å². The van der Waals surface area contributed by atoms with E-state index in [0.29, 0.717) is 5.69 Å². The Morgan fingerprint density at radius 2 is 1.81 bits per heavy atom. The van der Waals surface area contributed by atoms with Crippen LogP contribution in [0.3, 0.4) is 0 Å². The second kappa shape index (κ2) is 8.12. The maximum Gasteiger partial charge on any atom is 0.275 e. The highest BCUT2D eigenvalue weighted by molar-refractivity contribution is 7.13. The maximum atomic E-state index is 12.4. The lowest BCUT2D eigenvalue weighted by atomic mass is 10.1. The topological polar surface area (TPSA) is 65.5 Å². The van der Waals surface area contributed by atoms with Gasteiger partial charge >= 0.3 is 0 Å². The highest BCUT2D eigenvalue weighted by Crippen LogP contribution is 2.25. The lowest BCUT2D eigenvalue weighted by Gasteiger charge is -2.09. The van der Waals surface area contributed by atoms with Crippen molar-refractivity contribution in [2.24, 2.45) is 0 Å². The first-order chi connectivity index (χ1) is 12.5. The second-order valence-electron chi connectivity index (χ2n) is 6.29. The summed E-state index contributed by atoms with van der Waals surface area (Å²) in [5, 5.41) is 14.7. The summed E-state index contributed by atoms with van der Waals surface area (Å²) in [5.74, 6) is -0.0235. The normalized spacial score (nSPS) is 10.9. The predicted molar refractivity (Wildman–Crippen MR) is 106 cm³/mol.